The van der Waals surface area contributed by atoms with Gasteiger partial charge in [-0.1, -0.05) is 13.0 Å². The Bertz CT molecular complexity index is 477. The lowest BCUT2D eigenvalue weighted by Crippen LogP contribution is -2.04. The molecule has 2 rings (SSSR count). The molecule has 0 fully saturated rings. The van der Waals surface area contributed by atoms with Gasteiger partial charge >= 0.3 is 0 Å². The van der Waals surface area contributed by atoms with E-state index in [4.69, 9.17) is 0 Å². The van der Waals surface area contributed by atoms with E-state index in [-0.39, 0.29) is 0 Å². The van der Waals surface area contributed by atoms with E-state index in [2.05, 4.69) is 27.3 Å². The lowest BCUT2D eigenvalue weighted by Gasteiger charge is -2.06. The second-order valence-corrected chi connectivity index (χ2v) is 3.75. The smallest absolute Gasteiger partial charge is 0.176 e. The van der Waals surface area contributed by atoms with Crippen LogP contribution in [0.1, 0.15) is 20.3 Å². The van der Waals surface area contributed by atoms with E-state index in [1.165, 1.54) is 0 Å². The zero-order chi connectivity index (χ0) is 12.1. The molecular formula is C12H17N5. The fourth-order valence-corrected chi connectivity index (χ4v) is 1.68. The summed E-state index contributed by atoms with van der Waals surface area (Å²) in [5, 5.41) is 7.40. The van der Waals surface area contributed by atoms with Gasteiger partial charge in [-0.25, -0.2) is 14.6 Å². The maximum atomic E-state index is 4.51. The van der Waals surface area contributed by atoms with E-state index >= 15 is 0 Å². The Morgan fingerprint density at radius 1 is 1.29 bits per heavy atom. The molecule has 2 aromatic heterocycles. The summed E-state index contributed by atoms with van der Waals surface area (Å²) < 4.78 is 1.89. The van der Waals surface area contributed by atoms with Crippen molar-refractivity contribution in [1.82, 2.24) is 19.7 Å². The van der Waals surface area contributed by atoms with E-state index < -0.39 is 0 Å². The molecule has 0 aromatic carbocycles. The lowest BCUT2D eigenvalue weighted by atomic mass is 10.3. The number of hydrogen-bond acceptors (Lipinski definition) is 4. The molecule has 0 aliphatic rings. The van der Waals surface area contributed by atoms with Gasteiger partial charge in [-0.3, -0.25) is 0 Å². The van der Waals surface area contributed by atoms with Crippen LogP contribution in [0.4, 0.5) is 5.82 Å². The Morgan fingerprint density at radius 2 is 2.18 bits per heavy atom. The first kappa shape index (κ1) is 11.6. The maximum Gasteiger partial charge on any atom is 0.176 e. The lowest BCUT2D eigenvalue weighted by molar-refractivity contribution is 0.607. The molecular weight excluding hydrogens is 214 g/mol. The zero-order valence-electron chi connectivity index (χ0n) is 10.2. The molecule has 0 saturated heterocycles. The van der Waals surface area contributed by atoms with Crippen molar-refractivity contribution in [2.45, 2.75) is 26.8 Å². The van der Waals surface area contributed by atoms with Gasteiger partial charge in [0.2, 0.25) is 0 Å². The number of hydrogen-bond donors (Lipinski definition) is 1. The van der Waals surface area contributed by atoms with E-state index in [9.17, 15) is 0 Å². The van der Waals surface area contributed by atoms with Gasteiger partial charge < -0.3 is 5.32 Å². The largest absolute Gasteiger partial charge is 0.370 e. The average Bonchev–Trinajstić information content (AvgIpc) is 2.79. The molecule has 0 saturated carbocycles. The Labute approximate surface area is 101 Å². The Hall–Kier alpha value is -1.91. The Morgan fingerprint density at radius 3 is 2.94 bits per heavy atom. The predicted molar refractivity (Wildman–Crippen MR) is 67.7 cm³/mol. The third-order valence-electron chi connectivity index (χ3n) is 2.39. The highest BCUT2D eigenvalue weighted by molar-refractivity contribution is 5.53. The molecule has 0 aliphatic carbocycles. The van der Waals surface area contributed by atoms with E-state index in [1.807, 2.05) is 29.8 Å². The van der Waals surface area contributed by atoms with Crippen molar-refractivity contribution in [3.05, 3.63) is 24.5 Å². The molecule has 1 N–H and O–H groups in total. The van der Waals surface area contributed by atoms with Gasteiger partial charge in [-0.05, 0) is 25.5 Å². The van der Waals surface area contributed by atoms with E-state index in [0.717, 1.165) is 36.8 Å². The highest BCUT2D eigenvalue weighted by Gasteiger charge is 2.08. The summed E-state index contributed by atoms with van der Waals surface area (Å²) in [5.74, 6) is 1.70. The summed E-state index contributed by atoms with van der Waals surface area (Å²) in [6, 6.07) is 5.88. The second-order valence-electron chi connectivity index (χ2n) is 3.75. The quantitative estimate of drug-likeness (QED) is 0.857. The van der Waals surface area contributed by atoms with Crippen molar-refractivity contribution in [2.24, 2.45) is 0 Å². The first-order chi connectivity index (χ1) is 8.35. The molecule has 0 unspecified atom stereocenters. The van der Waals surface area contributed by atoms with Gasteiger partial charge in [-0.2, -0.15) is 5.10 Å². The average molecular weight is 231 g/mol. The molecule has 0 radical (unpaired) electrons. The molecule has 5 nitrogen and oxygen atoms in total. The summed E-state index contributed by atoms with van der Waals surface area (Å²) >= 11 is 0. The van der Waals surface area contributed by atoms with Crippen LogP contribution in [0.5, 0.6) is 0 Å². The summed E-state index contributed by atoms with van der Waals surface area (Å²) in [7, 11) is 0. The van der Waals surface area contributed by atoms with Gasteiger partial charge in [-0.15, -0.1) is 0 Å². The summed E-state index contributed by atoms with van der Waals surface area (Å²) in [6.45, 7) is 5.89. The van der Waals surface area contributed by atoms with Gasteiger partial charge in [0.1, 0.15) is 17.8 Å². The molecule has 5 heteroatoms. The molecule has 0 spiro atoms. The van der Waals surface area contributed by atoms with Gasteiger partial charge in [0.05, 0.1) is 0 Å². The fourth-order valence-electron chi connectivity index (χ4n) is 1.68. The van der Waals surface area contributed by atoms with Crippen molar-refractivity contribution in [3.8, 4) is 11.5 Å². The van der Waals surface area contributed by atoms with Crippen molar-refractivity contribution < 1.29 is 0 Å². The standard InChI is InChI=1S/C12H17N5/c1-3-8-17-12(14-9-15-17)10-6-5-7-11(16-10)13-4-2/h5-7,9H,3-4,8H2,1-2H3,(H,13,16). The molecule has 2 aromatic rings. The minimum atomic E-state index is 0.826. The molecule has 90 valence electrons. The number of nitrogens with one attached hydrogen (secondary N) is 1. The van der Waals surface area contributed by atoms with Crippen molar-refractivity contribution in [1.29, 1.82) is 0 Å². The highest BCUT2D eigenvalue weighted by Crippen LogP contribution is 2.16. The second kappa shape index (κ2) is 5.43. The van der Waals surface area contributed by atoms with Crippen LogP contribution in [0.25, 0.3) is 11.5 Å². The monoisotopic (exact) mass is 231 g/mol. The first-order valence-corrected chi connectivity index (χ1v) is 5.94. The Balaban J connectivity index is 2.31. The number of nitrogens with zero attached hydrogens (tertiary/aromatic N) is 4. The van der Waals surface area contributed by atoms with Crippen LogP contribution >= 0.6 is 0 Å². The minimum Gasteiger partial charge on any atom is -0.370 e. The third-order valence-corrected chi connectivity index (χ3v) is 2.39. The van der Waals surface area contributed by atoms with Crippen LogP contribution in [0.3, 0.4) is 0 Å². The molecule has 17 heavy (non-hydrogen) atoms. The highest BCUT2D eigenvalue weighted by atomic mass is 15.3. The topological polar surface area (TPSA) is 55.6 Å². The van der Waals surface area contributed by atoms with Crippen LogP contribution in [0.15, 0.2) is 24.5 Å². The predicted octanol–water partition coefficient (Wildman–Crippen LogP) is 2.18. The normalized spacial score (nSPS) is 10.5. The van der Waals surface area contributed by atoms with Gasteiger partial charge in [0.15, 0.2) is 5.82 Å². The van der Waals surface area contributed by atoms with Crippen molar-refractivity contribution in [3.63, 3.8) is 0 Å². The third kappa shape index (κ3) is 2.61. The Kier molecular flexibility index (Phi) is 3.69. The number of anilines is 1. The SMILES string of the molecule is CCCn1ncnc1-c1cccc(NCC)n1. The minimum absolute atomic E-state index is 0.826. The van der Waals surface area contributed by atoms with Crippen LogP contribution in [-0.2, 0) is 6.54 Å². The number of pyridine rings is 1. The summed E-state index contributed by atoms with van der Waals surface area (Å²) in [4.78, 5) is 8.78. The first-order valence-electron chi connectivity index (χ1n) is 5.94. The van der Waals surface area contributed by atoms with Crippen LogP contribution < -0.4 is 5.32 Å². The van der Waals surface area contributed by atoms with Gasteiger partial charge in [0, 0.05) is 13.1 Å². The van der Waals surface area contributed by atoms with Crippen LogP contribution in [0.2, 0.25) is 0 Å². The van der Waals surface area contributed by atoms with E-state index in [1.54, 1.807) is 6.33 Å². The summed E-state index contributed by atoms with van der Waals surface area (Å²) in [5.41, 5.74) is 0.856. The number of aromatic nitrogens is 4. The van der Waals surface area contributed by atoms with Gasteiger partial charge in [0.25, 0.3) is 0 Å². The van der Waals surface area contributed by atoms with Crippen molar-refractivity contribution >= 4 is 5.82 Å². The van der Waals surface area contributed by atoms with E-state index in [0.29, 0.717) is 0 Å². The maximum absolute atomic E-state index is 4.51. The zero-order valence-corrected chi connectivity index (χ0v) is 10.2. The summed E-state index contributed by atoms with van der Waals surface area (Å²) in [6.07, 6.45) is 2.61. The molecule has 0 amide bonds. The molecule has 0 bridgehead atoms. The molecule has 0 atom stereocenters. The van der Waals surface area contributed by atoms with Crippen molar-refractivity contribution in [2.75, 3.05) is 11.9 Å². The number of aryl methyl sites for hydroxylation is 1. The van der Waals surface area contributed by atoms with Crippen LogP contribution in [-0.4, -0.2) is 26.3 Å². The van der Waals surface area contributed by atoms with Crippen LogP contribution in [0, 0.1) is 0 Å². The molecule has 0 aliphatic heterocycles. The number of rotatable bonds is 5. The molecule has 2 heterocycles. The fraction of sp³-hybridized carbons (Fsp3) is 0.417.